The van der Waals surface area contributed by atoms with E-state index in [4.69, 9.17) is 0 Å². The number of hydrogen-bond donors (Lipinski definition) is 0. The van der Waals surface area contributed by atoms with E-state index in [1.54, 1.807) is 0 Å². The van der Waals surface area contributed by atoms with Gasteiger partial charge < -0.3 is 4.90 Å². The van der Waals surface area contributed by atoms with Crippen molar-refractivity contribution in [3.63, 3.8) is 0 Å². The summed E-state index contributed by atoms with van der Waals surface area (Å²) in [5, 5.41) is 0. The highest BCUT2D eigenvalue weighted by atomic mass is 15.1. The number of rotatable bonds is 7. The van der Waals surface area contributed by atoms with Crippen LogP contribution in [0.15, 0.2) is 97.6 Å². The lowest BCUT2D eigenvalue weighted by Gasteiger charge is -2.25. The van der Waals surface area contributed by atoms with Gasteiger partial charge in [-0.15, -0.1) is 6.58 Å². The fraction of sp³-hybridized carbons (Fsp3) is 0.130. The van der Waals surface area contributed by atoms with Gasteiger partial charge in [0.15, 0.2) is 0 Å². The molecular weight excluding hydrogens is 290 g/mol. The van der Waals surface area contributed by atoms with Gasteiger partial charge in [-0.2, -0.15) is 0 Å². The van der Waals surface area contributed by atoms with E-state index in [9.17, 15) is 0 Å². The first kappa shape index (κ1) is 16.1. The van der Waals surface area contributed by atoms with Gasteiger partial charge in [0.2, 0.25) is 0 Å². The van der Waals surface area contributed by atoms with E-state index >= 15 is 0 Å². The van der Waals surface area contributed by atoms with Gasteiger partial charge >= 0.3 is 0 Å². The number of nitrogens with zero attached hydrogens (tertiary/aromatic N) is 1. The lowest BCUT2D eigenvalue weighted by molar-refractivity contribution is 0.844. The minimum atomic E-state index is 1.06. The van der Waals surface area contributed by atoms with Crippen molar-refractivity contribution in [3.8, 4) is 0 Å². The summed E-state index contributed by atoms with van der Waals surface area (Å²) >= 11 is 0. The van der Waals surface area contributed by atoms with E-state index in [2.05, 4.69) is 96.4 Å². The van der Waals surface area contributed by atoms with Crippen molar-refractivity contribution < 1.29 is 0 Å². The van der Waals surface area contributed by atoms with Gasteiger partial charge in [0.05, 0.1) is 0 Å². The molecule has 0 atom stereocenters. The van der Waals surface area contributed by atoms with E-state index < -0.39 is 0 Å². The number of benzene rings is 3. The molecule has 0 N–H and O–H groups in total. The summed E-state index contributed by atoms with van der Waals surface area (Å²) in [5.74, 6) is 0. The average Bonchev–Trinajstić information content (AvgIpc) is 2.64. The minimum Gasteiger partial charge on any atom is -0.310 e. The Morgan fingerprint density at radius 1 is 0.708 bits per heavy atom. The molecule has 3 rings (SSSR count). The molecular formula is C23H23N. The monoisotopic (exact) mass is 313 g/mol. The van der Waals surface area contributed by atoms with Crippen LogP contribution in [0.4, 0.5) is 17.1 Å². The third-order valence-electron chi connectivity index (χ3n) is 4.07. The first-order chi connectivity index (χ1) is 11.9. The van der Waals surface area contributed by atoms with Crippen molar-refractivity contribution >= 4 is 17.1 Å². The van der Waals surface area contributed by atoms with Gasteiger partial charge in [-0.1, -0.05) is 54.6 Å². The van der Waals surface area contributed by atoms with Crippen LogP contribution >= 0.6 is 0 Å². The molecule has 0 radical (unpaired) electrons. The third-order valence-corrected chi connectivity index (χ3v) is 4.07. The predicted octanol–water partition coefficient (Wildman–Crippen LogP) is 6.67. The molecule has 0 aliphatic carbocycles. The Bertz CT molecular complexity index is 723. The summed E-state index contributed by atoms with van der Waals surface area (Å²) in [6.07, 6.45) is 5.27. The van der Waals surface area contributed by atoms with Crippen LogP contribution < -0.4 is 4.90 Å². The molecule has 0 bridgehead atoms. The van der Waals surface area contributed by atoms with Crippen molar-refractivity contribution in [2.75, 3.05) is 4.90 Å². The Labute approximate surface area is 144 Å². The van der Waals surface area contributed by atoms with Crippen LogP contribution in [0.5, 0.6) is 0 Å². The molecule has 120 valence electrons. The molecule has 0 aliphatic rings. The molecule has 0 saturated heterocycles. The van der Waals surface area contributed by atoms with Gasteiger partial charge in [-0.25, -0.2) is 0 Å². The zero-order valence-electron chi connectivity index (χ0n) is 13.9. The van der Waals surface area contributed by atoms with Gasteiger partial charge in [0, 0.05) is 17.1 Å². The van der Waals surface area contributed by atoms with Gasteiger partial charge in [-0.3, -0.25) is 0 Å². The largest absolute Gasteiger partial charge is 0.310 e. The van der Waals surface area contributed by atoms with Gasteiger partial charge in [0.1, 0.15) is 0 Å². The van der Waals surface area contributed by atoms with Crippen LogP contribution in [-0.4, -0.2) is 0 Å². The van der Waals surface area contributed by atoms with Crippen LogP contribution in [0.25, 0.3) is 0 Å². The number of allylic oxidation sites excluding steroid dienone is 1. The molecule has 0 amide bonds. The van der Waals surface area contributed by atoms with Crippen LogP contribution in [0.3, 0.4) is 0 Å². The Kier molecular flexibility index (Phi) is 5.47. The smallest absolute Gasteiger partial charge is 0.0464 e. The second kappa shape index (κ2) is 8.16. The Hall–Kier alpha value is -2.80. The van der Waals surface area contributed by atoms with E-state index in [0.717, 1.165) is 19.3 Å². The molecule has 3 aromatic carbocycles. The number of para-hydroxylation sites is 2. The lowest BCUT2D eigenvalue weighted by Crippen LogP contribution is -2.09. The highest BCUT2D eigenvalue weighted by Crippen LogP contribution is 2.34. The highest BCUT2D eigenvalue weighted by molar-refractivity contribution is 5.76. The van der Waals surface area contributed by atoms with E-state index in [1.807, 2.05) is 6.08 Å². The summed E-state index contributed by atoms with van der Waals surface area (Å²) in [6, 6.07) is 29.9. The average molecular weight is 313 g/mol. The summed E-state index contributed by atoms with van der Waals surface area (Å²) in [7, 11) is 0. The molecule has 0 unspecified atom stereocenters. The van der Waals surface area contributed by atoms with Crippen LogP contribution in [0.1, 0.15) is 18.4 Å². The maximum atomic E-state index is 3.81. The van der Waals surface area contributed by atoms with Crippen LogP contribution in [0.2, 0.25) is 0 Å². The first-order valence-corrected chi connectivity index (χ1v) is 8.48. The van der Waals surface area contributed by atoms with Crippen molar-refractivity contribution in [3.05, 3.63) is 103 Å². The number of aryl methyl sites for hydroxylation is 1. The number of hydrogen-bond acceptors (Lipinski definition) is 1. The molecule has 0 saturated carbocycles. The van der Waals surface area contributed by atoms with Crippen LogP contribution in [-0.2, 0) is 6.42 Å². The topological polar surface area (TPSA) is 3.24 Å². The molecule has 0 spiro atoms. The third kappa shape index (κ3) is 3.94. The molecule has 1 heteroatoms. The molecule has 24 heavy (non-hydrogen) atoms. The van der Waals surface area contributed by atoms with Crippen LogP contribution in [0, 0.1) is 0 Å². The molecule has 3 aromatic rings. The maximum Gasteiger partial charge on any atom is 0.0464 e. The van der Waals surface area contributed by atoms with Crippen molar-refractivity contribution in [1.29, 1.82) is 0 Å². The molecule has 0 heterocycles. The van der Waals surface area contributed by atoms with Gasteiger partial charge in [0.25, 0.3) is 0 Å². The fourth-order valence-electron chi connectivity index (χ4n) is 2.90. The molecule has 1 nitrogen and oxygen atoms in total. The predicted molar refractivity (Wildman–Crippen MR) is 104 cm³/mol. The second-order valence-corrected chi connectivity index (χ2v) is 5.86. The van der Waals surface area contributed by atoms with Crippen molar-refractivity contribution in [2.45, 2.75) is 19.3 Å². The Balaban J connectivity index is 1.97. The summed E-state index contributed by atoms with van der Waals surface area (Å²) in [5.41, 5.74) is 4.91. The second-order valence-electron chi connectivity index (χ2n) is 5.86. The zero-order valence-corrected chi connectivity index (χ0v) is 13.9. The quantitative estimate of drug-likeness (QED) is 0.348. The van der Waals surface area contributed by atoms with E-state index in [0.29, 0.717) is 0 Å². The molecule has 0 aliphatic heterocycles. The normalized spacial score (nSPS) is 10.3. The first-order valence-electron chi connectivity index (χ1n) is 8.48. The van der Waals surface area contributed by atoms with E-state index in [-0.39, 0.29) is 0 Å². The highest BCUT2D eigenvalue weighted by Gasteiger charge is 2.11. The summed E-state index contributed by atoms with van der Waals surface area (Å²) in [4.78, 5) is 2.30. The molecule has 0 fully saturated rings. The van der Waals surface area contributed by atoms with Gasteiger partial charge in [-0.05, 0) is 61.2 Å². The Morgan fingerprint density at radius 2 is 1.29 bits per heavy atom. The number of unbranched alkanes of at least 4 members (excludes halogenated alkanes) is 1. The fourth-order valence-corrected chi connectivity index (χ4v) is 2.90. The summed E-state index contributed by atoms with van der Waals surface area (Å²) < 4.78 is 0. The van der Waals surface area contributed by atoms with Crippen molar-refractivity contribution in [1.82, 2.24) is 0 Å². The summed E-state index contributed by atoms with van der Waals surface area (Å²) in [6.45, 7) is 3.81. The maximum absolute atomic E-state index is 3.81. The van der Waals surface area contributed by atoms with Crippen molar-refractivity contribution in [2.24, 2.45) is 0 Å². The lowest BCUT2D eigenvalue weighted by atomic mass is 10.1. The minimum absolute atomic E-state index is 1.06. The standard InChI is InChI=1S/C23H23N/c1-2-3-6-12-20-13-11-18-23(19-20)24(21-14-7-4-8-15-21)22-16-9-5-10-17-22/h2,4-5,7-11,13-19H,1,3,6,12H2. The SMILES string of the molecule is C=CCCCc1cccc(N(c2ccccc2)c2ccccc2)c1. The number of anilines is 3. The Morgan fingerprint density at radius 3 is 1.88 bits per heavy atom. The van der Waals surface area contributed by atoms with E-state index in [1.165, 1.54) is 22.6 Å². The molecule has 0 aromatic heterocycles. The zero-order chi connectivity index (χ0) is 16.6.